The van der Waals surface area contributed by atoms with E-state index in [4.69, 9.17) is 4.74 Å². The first-order valence-electron chi connectivity index (χ1n) is 6.52. The zero-order valence-electron chi connectivity index (χ0n) is 11.0. The number of aromatic nitrogens is 2. The van der Waals surface area contributed by atoms with E-state index in [0.717, 1.165) is 18.6 Å². The van der Waals surface area contributed by atoms with Gasteiger partial charge in [-0.2, -0.15) is 0 Å². The molecular formula is C15H17N3O. The molecule has 0 atom stereocenters. The zero-order chi connectivity index (χ0) is 13.1. The van der Waals surface area contributed by atoms with Gasteiger partial charge in [0.15, 0.2) is 0 Å². The Labute approximate surface area is 112 Å². The summed E-state index contributed by atoms with van der Waals surface area (Å²) in [6.45, 7) is 0. The minimum atomic E-state index is -0.0202. The molecule has 0 saturated heterocycles. The maximum absolute atomic E-state index is 5.21. The van der Waals surface area contributed by atoms with Crippen molar-refractivity contribution in [1.82, 2.24) is 9.97 Å². The lowest BCUT2D eigenvalue weighted by molar-refractivity contribution is 0.282. The minimum absolute atomic E-state index is 0.0202. The maximum atomic E-state index is 5.21. The van der Waals surface area contributed by atoms with E-state index in [1.807, 2.05) is 18.2 Å². The number of nitrogens with zero attached hydrogens (tertiary/aromatic N) is 2. The summed E-state index contributed by atoms with van der Waals surface area (Å²) < 4.78 is 5.21. The van der Waals surface area contributed by atoms with E-state index in [0.29, 0.717) is 5.95 Å². The Morgan fingerprint density at radius 3 is 2.32 bits per heavy atom. The highest BCUT2D eigenvalue weighted by Crippen LogP contribution is 2.43. The normalized spacial score (nSPS) is 16.5. The number of methoxy groups -OCH3 is 1. The molecular weight excluding hydrogens is 238 g/mol. The van der Waals surface area contributed by atoms with E-state index in [2.05, 4.69) is 27.4 Å². The Hall–Kier alpha value is -2.10. The van der Waals surface area contributed by atoms with Gasteiger partial charge in [-0.25, -0.2) is 9.97 Å². The second-order valence-electron chi connectivity index (χ2n) is 4.86. The van der Waals surface area contributed by atoms with Gasteiger partial charge in [0.05, 0.1) is 12.6 Å². The van der Waals surface area contributed by atoms with Crippen LogP contribution in [-0.2, 0) is 5.54 Å². The van der Waals surface area contributed by atoms with Gasteiger partial charge in [0, 0.05) is 12.4 Å². The molecule has 19 heavy (non-hydrogen) atoms. The Bertz CT molecular complexity index is 535. The van der Waals surface area contributed by atoms with Crippen LogP contribution in [0.5, 0.6) is 5.75 Å². The van der Waals surface area contributed by atoms with E-state index in [1.165, 1.54) is 12.0 Å². The fraction of sp³-hybridized carbons (Fsp3) is 0.333. The van der Waals surface area contributed by atoms with Crippen LogP contribution in [0.4, 0.5) is 5.95 Å². The van der Waals surface area contributed by atoms with Gasteiger partial charge < -0.3 is 10.1 Å². The summed E-state index contributed by atoms with van der Waals surface area (Å²) in [5.41, 5.74) is 1.25. The van der Waals surface area contributed by atoms with Crippen molar-refractivity contribution < 1.29 is 4.74 Å². The standard InChI is InChI=1S/C15H17N3O/c1-19-13-6-4-12(5-7-13)15(8-2-9-15)18-14-16-10-3-11-17-14/h3-7,10-11H,2,8-9H2,1H3,(H,16,17,18). The summed E-state index contributed by atoms with van der Waals surface area (Å²) in [6, 6.07) is 10.1. The van der Waals surface area contributed by atoms with Gasteiger partial charge in [-0.1, -0.05) is 12.1 Å². The topological polar surface area (TPSA) is 47.0 Å². The monoisotopic (exact) mass is 255 g/mol. The maximum Gasteiger partial charge on any atom is 0.223 e. The molecule has 2 aromatic rings. The van der Waals surface area contributed by atoms with Crippen LogP contribution in [0.15, 0.2) is 42.7 Å². The van der Waals surface area contributed by atoms with E-state index in [1.54, 1.807) is 19.5 Å². The van der Waals surface area contributed by atoms with E-state index < -0.39 is 0 Å². The molecule has 0 amide bonds. The quantitative estimate of drug-likeness (QED) is 0.912. The molecule has 4 heteroatoms. The summed E-state index contributed by atoms with van der Waals surface area (Å²) in [5, 5.41) is 3.48. The van der Waals surface area contributed by atoms with Gasteiger partial charge in [-0.15, -0.1) is 0 Å². The average molecular weight is 255 g/mol. The summed E-state index contributed by atoms with van der Waals surface area (Å²) in [7, 11) is 1.68. The molecule has 1 aromatic carbocycles. The smallest absolute Gasteiger partial charge is 0.223 e. The van der Waals surface area contributed by atoms with Gasteiger partial charge >= 0.3 is 0 Å². The molecule has 0 spiro atoms. The van der Waals surface area contributed by atoms with Crippen molar-refractivity contribution in [2.24, 2.45) is 0 Å². The Balaban J connectivity index is 1.86. The summed E-state index contributed by atoms with van der Waals surface area (Å²) in [6.07, 6.45) is 6.96. The lowest BCUT2D eigenvalue weighted by atomic mass is 9.72. The highest BCUT2D eigenvalue weighted by Gasteiger charge is 2.39. The van der Waals surface area contributed by atoms with Gasteiger partial charge in [-0.05, 0) is 43.0 Å². The number of nitrogens with one attached hydrogen (secondary N) is 1. The van der Waals surface area contributed by atoms with Crippen LogP contribution in [0.1, 0.15) is 24.8 Å². The van der Waals surface area contributed by atoms with E-state index >= 15 is 0 Å². The number of anilines is 1. The van der Waals surface area contributed by atoms with E-state index in [9.17, 15) is 0 Å². The van der Waals surface area contributed by atoms with Gasteiger partial charge in [0.25, 0.3) is 0 Å². The van der Waals surface area contributed by atoms with Crippen molar-refractivity contribution in [2.45, 2.75) is 24.8 Å². The molecule has 4 nitrogen and oxygen atoms in total. The molecule has 0 aliphatic heterocycles. The van der Waals surface area contributed by atoms with Crippen molar-refractivity contribution in [3.63, 3.8) is 0 Å². The van der Waals surface area contributed by atoms with Crippen LogP contribution in [0.2, 0.25) is 0 Å². The third-order valence-electron chi connectivity index (χ3n) is 3.77. The molecule has 0 radical (unpaired) electrons. The number of rotatable bonds is 4. The first-order valence-corrected chi connectivity index (χ1v) is 6.52. The fourth-order valence-electron chi connectivity index (χ4n) is 2.50. The second-order valence-corrected chi connectivity index (χ2v) is 4.86. The Morgan fingerprint density at radius 1 is 1.11 bits per heavy atom. The van der Waals surface area contributed by atoms with Crippen LogP contribution in [0.3, 0.4) is 0 Å². The predicted octanol–water partition coefficient (Wildman–Crippen LogP) is 2.98. The van der Waals surface area contributed by atoms with Crippen LogP contribution < -0.4 is 10.1 Å². The van der Waals surface area contributed by atoms with Crippen molar-refractivity contribution in [1.29, 1.82) is 0 Å². The van der Waals surface area contributed by atoms with Crippen molar-refractivity contribution in [3.8, 4) is 5.75 Å². The molecule has 0 unspecified atom stereocenters. The molecule has 0 bridgehead atoms. The summed E-state index contributed by atoms with van der Waals surface area (Å²) in [4.78, 5) is 8.52. The highest BCUT2D eigenvalue weighted by molar-refractivity contribution is 5.41. The van der Waals surface area contributed by atoms with Crippen molar-refractivity contribution in [3.05, 3.63) is 48.3 Å². The number of hydrogen-bond acceptors (Lipinski definition) is 4. The highest BCUT2D eigenvalue weighted by atomic mass is 16.5. The van der Waals surface area contributed by atoms with Crippen LogP contribution in [0, 0.1) is 0 Å². The van der Waals surface area contributed by atoms with Crippen molar-refractivity contribution >= 4 is 5.95 Å². The lowest BCUT2D eigenvalue weighted by Gasteiger charge is -2.43. The van der Waals surface area contributed by atoms with Crippen molar-refractivity contribution in [2.75, 3.05) is 12.4 Å². The molecule has 1 aliphatic rings. The van der Waals surface area contributed by atoms with Crippen LogP contribution in [0.25, 0.3) is 0 Å². The molecule has 1 aliphatic carbocycles. The Kier molecular flexibility index (Phi) is 3.07. The first kappa shape index (κ1) is 12.0. The van der Waals surface area contributed by atoms with Gasteiger partial charge in [0.1, 0.15) is 5.75 Å². The molecule has 98 valence electrons. The molecule has 1 fully saturated rings. The van der Waals surface area contributed by atoms with Crippen LogP contribution >= 0.6 is 0 Å². The number of benzene rings is 1. The second kappa shape index (κ2) is 4.88. The number of ether oxygens (including phenoxy) is 1. The third kappa shape index (κ3) is 2.26. The first-order chi connectivity index (χ1) is 9.32. The summed E-state index contributed by atoms with van der Waals surface area (Å²) in [5.74, 6) is 1.58. The molecule has 1 heterocycles. The Morgan fingerprint density at radius 2 is 1.79 bits per heavy atom. The summed E-state index contributed by atoms with van der Waals surface area (Å²) >= 11 is 0. The average Bonchev–Trinajstić information content (AvgIpc) is 2.44. The molecule has 1 N–H and O–H groups in total. The fourth-order valence-corrected chi connectivity index (χ4v) is 2.50. The predicted molar refractivity (Wildman–Crippen MR) is 74.2 cm³/mol. The number of hydrogen-bond donors (Lipinski definition) is 1. The molecule has 1 saturated carbocycles. The van der Waals surface area contributed by atoms with Crippen LogP contribution in [-0.4, -0.2) is 17.1 Å². The minimum Gasteiger partial charge on any atom is -0.497 e. The zero-order valence-corrected chi connectivity index (χ0v) is 11.0. The molecule has 3 rings (SSSR count). The largest absolute Gasteiger partial charge is 0.497 e. The SMILES string of the molecule is COc1ccc(C2(Nc3ncccn3)CCC2)cc1. The van der Waals surface area contributed by atoms with Gasteiger partial charge in [0.2, 0.25) is 5.95 Å². The third-order valence-corrected chi connectivity index (χ3v) is 3.77. The van der Waals surface area contributed by atoms with Gasteiger partial charge in [-0.3, -0.25) is 0 Å². The lowest BCUT2D eigenvalue weighted by Crippen LogP contribution is -2.42. The van der Waals surface area contributed by atoms with E-state index in [-0.39, 0.29) is 5.54 Å². The molecule has 1 aromatic heterocycles.